The Morgan fingerprint density at radius 3 is 2.17 bits per heavy atom. The number of cyclic esters (lactones) is 1. The highest BCUT2D eigenvalue weighted by molar-refractivity contribution is 6.09. The molecular weight excluding hydrogens is 394 g/mol. The molecule has 0 aliphatic carbocycles. The summed E-state index contributed by atoms with van der Waals surface area (Å²) in [6, 6.07) is 3.21. The van der Waals surface area contributed by atoms with Gasteiger partial charge in [0.25, 0.3) is 5.56 Å². The minimum atomic E-state index is -0.609. The molecule has 156 valence electrons. The molecule has 0 unspecified atom stereocenters. The third-order valence-corrected chi connectivity index (χ3v) is 5.18. The van der Waals surface area contributed by atoms with Crippen molar-refractivity contribution < 1.29 is 23.7 Å². The number of methoxy groups -OCH3 is 3. The highest BCUT2D eigenvalue weighted by atomic mass is 16.5. The maximum absolute atomic E-state index is 13.1. The van der Waals surface area contributed by atoms with Crippen LogP contribution in [0.3, 0.4) is 0 Å². The molecule has 2 aromatic heterocycles. The maximum Gasteiger partial charge on any atom is 0.341 e. The topological polar surface area (TPSA) is 111 Å². The Morgan fingerprint density at radius 1 is 0.900 bits per heavy atom. The Bertz CT molecular complexity index is 1340. The molecule has 30 heavy (non-hydrogen) atoms. The number of hydrogen-bond donors (Lipinski definition) is 0. The zero-order valence-corrected chi connectivity index (χ0v) is 17.1. The minimum absolute atomic E-state index is 0.0594. The van der Waals surface area contributed by atoms with Gasteiger partial charge in [0.15, 0.2) is 11.5 Å². The van der Waals surface area contributed by atoms with Gasteiger partial charge in [0.1, 0.15) is 18.0 Å². The van der Waals surface area contributed by atoms with E-state index < -0.39 is 17.2 Å². The Morgan fingerprint density at radius 2 is 1.53 bits per heavy atom. The summed E-state index contributed by atoms with van der Waals surface area (Å²) in [4.78, 5) is 42.6. The number of esters is 1. The van der Waals surface area contributed by atoms with Gasteiger partial charge >= 0.3 is 11.7 Å². The van der Waals surface area contributed by atoms with Gasteiger partial charge in [0.05, 0.1) is 38.0 Å². The van der Waals surface area contributed by atoms with Crippen LogP contribution in [0, 0.1) is 0 Å². The number of aromatic nitrogens is 3. The molecular formula is C20H19N3O7. The minimum Gasteiger partial charge on any atom is -0.496 e. The second-order valence-corrected chi connectivity index (χ2v) is 6.70. The second kappa shape index (κ2) is 6.90. The summed E-state index contributed by atoms with van der Waals surface area (Å²) >= 11 is 0. The first-order valence-electron chi connectivity index (χ1n) is 8.94. The van der Waals surface area contributed by atoms with Gasteiger partial charge in [-0.05, 0) is 6.07 Å². The van der Waals surface area contributed by atoms with E-state index in [2.05, 4.69) is 4.98 Å². The highest BCUT2D eigenvalue weighted by Gasteiger charge is 2.33. The van der Waals surface area contributed by atoms with Crippen LogP contribution in [0.15, 0.2) is 21.7 Å². The van der Waals surface area contributed by atoms with Crippen LogP contribution in [-0.4, -0.2) is 41.4 Å². The number of pyridine rings is 1. The number of benzene rings is 1. The first-order valence-corrected chi connectivity index (χ1v) is 8.94. The van der Waals surface area contributed by atoms with Crippen LogP contribution in [0.4, 0.5) is 0 Å². The number of fused-ring (bicyclic) bond motifs is 2. The van der Waals surface area contributed by atoms with Gasteiger partial charge in [-0.1, -0.05) is 0 Å². The van der Waals surface area contributed by atoms with Gasteiger partial charge in [-0.3, -0.25) is 13.9 Å². The Hall–Kier alpha value is -3.82. The molecule has 0 amide bonds. The molecule has 3 aromatic rings. The summed E-state index contributed by atoms with van der Waals surface area (Å²) < 4.78 is 23.7. The van der Waals surface area contributed by atoms with Crippen LogP contribution in [-0.2, 0) is 25.4 Å². The van der Waals surface area contributed by atoms with Crippen molar-refractivity contribution in [3.63, 3.8) is 0 Å². The Labute approximate surface area is 170 Å². The summed E-state index contributed by atoms with van der Waals surface area (Å²) in [7, 11) is 7.29. The predicted molar refractivity (Wildman–Crippen MR) is 106 cm³/mol. The van der Waals surface area contributed by atoms with Gasteiger partial charge in [-0.15, -0.1) is 0 Å². The van der Waals surface area contributed by atoms with E-state index in [1.54, 1.807) is 12.1 Å². The average molecular weight is 413 g/mol. The molecule has 1 aromatic carbocycles. The first kappa shape index (κ1) is 19.5. The van der Waals surface area contributed by atoms with Crippen LogP contribution in [0.1, 0.15) is 16.1 Å². The fourth-order valence-corrected chi connectivity index (χ4v) is 3.66. The number of ether oxygens (including phenoxy) is 4. The largest absolute Gasteiger partial charge is 0.496 e. The van der Waals surface area contributed by atoms with E-state index in [1.807, 2.05) is 0 Å². The SMILES string of the molecule is COc1cc(OC)c(-c2c3c(nc4c2c(=O)n(C)c(=O)n4C)COC3=O)cc1OC. The number of nitrogens with zero attached hydrogens (tertiary/aromatic N) is 3. The lowest BCUT2D eigenvalue weighted by Gasteiger charge is -2.17. The van der Waals surface area contributed by atoms with Crippen molar-refractivity contribution >= 4 is 17.0 Å². The molecule has 10 heteroatoms. The van der Waals surface area contributed by atoms with Crippen LogP contribution in [0.25, 0.3) is 22.2 Å². The van der Waals surface area contributed by atoms with Crippen molar-refractivity contribution in [3.05, 3.63) is 44.2 Å². The molecule has 0 saturated heterocycles. The Kier molecular flexibility index (Phi) is 4.49. The van der Waals surface area contributed by atoms with E-state index in [0.29, 0.717) is 28.5 Å². The molecule has 0 saturated carbocycles. The van der Waals surface area contributed by atoms with Gasteiger partial charge < -0.3 is 18.9 Å². The molecule has 10 nitrogen and oxygen atoms in total. The first-order chi connectivity index (χ1) is 14.3. The van der Waals surface area contributed by atoms with Crippen molar-refractivity contribution in [2.45, 2.75) is 6.61 Å². The highest BCUT2D eigenvalue weighted by Crippen LogP contribution is 2.44. The Balaban J connectivity index is 2.28. The quantitative estimate of drug-likeness (QED) is 0.583. The number of hydrogen-bond acceptors (Lipinski definition) is 8. The smallest absolute Gasteiger partial charge is 0.341 e. The van der Waals surface area contributed by atoms with Gasteiger partial charge in [-0.2, -0.15) is 0 Å². The fourth-order valence-electron chi connectivity index (χ4n) is 3.66. The van der Waals surface area contributed by atoms with Gasteiger partial charge in [0.2, 0.25) is 0 Å². The second-order valence-electron chi connectivity index (χ2n) is 6.70. The zero-order chi connectivity index (χ0) is 21.7. The molecule has 0 fully saturated rings. The summed E-state index contributed by atoms with van der Waals surface area (Å²) in [5, 5.41) is 0.0997. The van der Waals surface area contributed by atoms with E-state index in [1.165, 1.54) is 40.0 Å². The molecule has 0 radical (unpaired) electrons. The van der Waals surface area contributed by atoms with Gasteiger partial charge in [-0.25, -0.2) is 14.6 Å². The van der Waals surface area contributed by atoms with E-state index in [9.17, 15) is 14.4 Å². The molecule has 0 bridgehead atoms. The van der Waals surface area contributed by atoms with Crippen LogP contribution in [0.2, 0.25) is 0 Å². The van der Waals surface area contributed by atoms with Crippen LogP contribution >= 0.6 is 0 Å². The normalized spacial score (nSPS) is 12.6. The van der Waals surface area contributed by atoms with E-state index in [4.69, 9.17) is 18.9 Å². The lowest BCUT2D eigenvalue weighted by molar-refractivity contribution is 0.0534. The van der Waals surface area contributed by atoms with E-state index in [0.717, 1.165) is 4.57 Å². The summed E-state index contributed by atoms with van der Waals surface area (Å²) in [6.07, 6.45) is 0. The summed E-state index contributed by atoms with van der Waals surface area (Å²) in [6.45, 7) is -0.0594. The lowest BCUT2D eigenvalue weighted by atomic mass is 9.95. The summed E-state index contributed by atoms with van der Waals surface area (Å²) in [5.74, 6) is 0.524. The van der Waals surface area contributed by atoms with Crippen LogP contribution < -0.4 is 25.5 Å². The molecule has 3 heterocycles. The molecule has 0 spiro atoms. The molecule has 1 aliphatic rings. The predicted octanol–water partition coefficient (Wildman–Crippen LogP) is 0.995. The number of carbonyl (C=O) groups is 1. The lowest BCUT2D eigenvalue weighted by Crippen LogP contribution is -2.37. The number of carbonyl (C=O) groups excluding carboxylic acids is 1. The number of rotatable bonds is 4. The van der Waals surface area contributed by atoms with Crippen molar-refractivity contribution in [2.75, 3.05) is 21.3 Å². The average Bonchev–Trinajstić information content (AvgIpc) is 3.14. The maximum atomic E-state index is 13.1. The molecule has 1 aliphatic heterocycles. The van der Waals surface area contributed by atoms with Crippen LogP contribution in [0.5, 0.6) is 17.2 Å². The van der Waals surface area contributed by atoms with E-state index in [-0.39, 0.29) is 28.8 Å². The third-order valence-electron chi connectivity index (χ3n) is 5.18. The summed E-state index contributed by atoms with van der Waals surface area (Å²) in [5.41, 5.74) is 0.198. The van der Waals surface area contributed by atoms with Gasteiger partial charge in [0, 0.05) is 31.3 Å². The monoisotopic (exact) mass is 413 g/mol. The van der Waals surface area contributed by atoms with Crippen molar-refractivity contribution in [1.29, 1.82) is 0 Å². The van der Waals surface area contributed by atoms with Crippen molar-refractivity contribution in [3.8, 4) is 28.4 Å². The number of aryl methyl sites for hydroxylation is 1. The zero-order valence-electron chi connectivity index (χ0n) is 17.1. The van der Waals surface area contributed by atoms with Crippen molar-refractivity contribution in [1.82, 2.24) is 14.1 Å². The molecule has 0 N–H and O–H groups in total. The van der Waals surface area contributed by atoms with Crippen molar-refractivity contribution in [2.24, 2.45) is 14.1 Å². The molecule has 0 atom stereocenters. The molecule has 4 rings (SSSR count). The van der Waals surface area contributed by atoms with E-state index >= 15 is 0 Å². The third kappa shape index (κ3) is 2.56. The standard InChI is InChI=1S/C20H19N3O7/c1-22-17-16(18(24)23(2)20(22)26)14(15-10(21-17)8-30-19(15)25)9-6-12(28-4)13(29-5)7-11(9)27-3/h6-7H,8H2,1-5H3. The fraction of sp³-hybridized carbons (Fsp3) is 0.300.